The van der Waals surface area contributed by atoms with Gasteiger partial charge in [-0.15, -0.1) is 12.4 Å². The molecule has 88 valence electrons. The van der Waals surface area contributed by atoms with Crippen molar-refractivity contribution < 1.29 is 4.79 Å². The van der Waals surface area contributed by atoms with Crippen LogP contribution in [-0.2, 0) is 11.2 Å². The molecule has 0 saturated heterocycles. The standard InChI is InChI=1S/C12H16N2O.ClH/c13-11(9-12(14)15)8-4-7-10-5-2-1-3-6-10;/h1-3,5-6,9H,4,7-8,13H2,(H2,14,15);1H. The Morgan fingerprint density at radius 2 is 1.81 bits per heavy atom. The summed E-state index contributed by atoms with van der Waals surface area (Å²) in [5.74, 6) is -0.479. The number of amides is 1. The highest BCUT2D eigenvalue weighted by Crippen LogP contribution is 2.06. The van der Waals surface area contributed by atoms with Crippen molar-refractivity contribution in [3.63, 3.8) is 0 Å². The number of carbonyl (C=O) groups is 1. The van der Waals surface area contributed by atoms with Gasteiger partial charge in [0.2, 0.25) is 5.91 Å². The van der Waals surface area contributed by atoms with Crippen molar-refractivity contribution in [3.05, 3.63) is 47.7 Å². The van der Waals surface area contributed by atoms with E-state index in [0.29, 0.717) is 12.1 Å². The SMILES string of the molecule is Cl.NC(=O)C=C(N)CCCc1ccccc1. The Bertz CT molecular complexity index is 349. The second kappa shape index (κ2) is 7.77. The highest BCUT2D eigenvalue weighted by atomic mass is 35.5. The van der Waals surface area contributed by atoms with Gasteiger partial charge in [0.05, 0.1) is 0 Å². The zero-order chi connectivity index (χ0) is 11.1. The molecule has 0 aliphatic heterocycles. The number of carbonyl (C=O) groups excluding carboxylic acids is 1. The minimum atomic E-state index is -0.479. The van der Waals surface area contributed by atoms with E-state index in [1.165, 1.54) is 11.6 Å². The van der Waals surface area contributed by atoms with E-state index in [2.05, 4.69) is 12.1 Å². The van der Waals surface area contributed by atoms with E-state index in [1.807, 2.05) is 18.2 Å². The van der Waals surface area contributed by atoms with Gasteiger partial charge in [0, 0.05) is 11.8 Å². The molecule has 0 saturated carbocycles. The quantitative estimate of drug-likeness (QED) is 0.770. The molecule has 0 fully saturated rings. The third kappa shape index (κ3) is 6.09. The Kier molecular flexibility index (Phi) is 7.05. The van der Waals surface area contributed by atoms with Crippen LogP contribution < -0.4 is 11.5 Å². The van der Waals surface area contributed by atoms with Crippen molar-refractivity contribution in [1.29, 1.82) is 0 Å². The van der Waals surface area contributed by atoms with Crippen molar-refractivity contribution >= 4 is 18.3 Å². The molecule has 1 aromatic rings. The maximum atomic E-state index is 10.5. The number of primary amides is 1. The van der Waals surface area contributed by atoms with Gasteiger partial charge < -0.3 is 11.5 Å². The minimum Gasteiger partial charge on any atom is -0.402 e. The number of halogens is 1. The summed E-state index contributed by atoms with van der Waals surface area (Å²) in [5, 5.41) is 0. The van der Waals surface area contributed by atoms with Gasteiger partial charge in [0.15, 0.2) is 0 Å². The summed E-state index contributed by atoms with van der Waals surface area (Å²) < 4.78 is 0. The molecule has 0 bridgehead atoms. The number of rotatable bonds is 5. The zero-order valence-corrected chi connectivity index (χ0v) is 9.87. The van der Waals surface area contributed by atoms with Crippen LogP contribution in [0.25, 0.3) is 0 Å². The van der Waals surface area contributed by atoms with Gasteiger partial charge in [-0.05, 0) is 24.8 Å². The van der Waals surface area contributed by atoms with E-state index < -0.39 is 5.91 Å². The van der Waals surface area contributed by atoms with E-state index >= 15 is 0 Å². The highest BCUT2D eigenvalue weighted by Gasteiger charge is 1.95. The first-order chi connectivity index (χ1) is 7.18. The number of benzene rings is 1. The first-order valence-corrected chi connectivity index (χ1v) is 4.98. The van der Waals surface area contributed by atoms with Crippen molar-refractivity contribution in [2.75, 3.05) is 0 Å². The molecule has 0 spiro atoms. The average molecular weight is 241 g/mol. The van der Waals surface area contributed by atoms with Crippen LogP contribution in [0, 0.1) is 0 Å². The molecule has 0 atom stereocenters. The lowest BCUT2D eigenvalue weighted by Gasteiger charge is -2.01. The maximum Gasteiger partial charge on any atom is 0.243 e. The second-order valence-corrected chi connectivity index (χ2v) is 3.46. The fourth-order valence-electron chi connectivity index (χ4n) is 1.40. The molecule has 4 N–H and O–H groups in total. The summed E-state index contributed by atoms with van der Waals surface area (Å²) in [5.41, 5.74) is 12.4. The van der Waals surface area contributed by atoms with Gasteiger partial charge in [-0.25, -0.2) is 0 Å². The molecular formula is C12H17ClN2O. The summed E-state index contributed by atoms with van der Waals surface area (Å²) in [6, 6.07) is 10.2. The van der Waals surface area contributed by atoms with Gasteiger partial charge in [-0.2, -0.15) is 0 Å². The van der Waals surface area contributed by atoms with Gasteiger partial charge in [-0.1, -0.05) is 30.3 Å². The Morgan fingerprint density at radius 3 is 2.38 bits per heavy atom. The molecule has 0 radical (unpaired) electrons. The molecule has 1 aromatic carbocycles. The maximum absolute atomic E-state index is 10.5. The Labute approximate surface area is 102 Å². The zero-order valence-electron chi connectivity index (χ0n) is 9.06. The molecule has 0 heterocycles. The lowest BCUT2D eigenvalue weighted by atomic mass is 10.1. The third-order valence-electron chi connectivity index (χ3n) is 2.10. The van der Waals surface area contributed by atoms with Crippen LogP contribution in [0.3, 0.4) is 0 Å². The van der Waals surface area contributed by atoms with Crippen LogP contribution >= 0.6 is 12.4 Å². The minimum absolute atomic E-state index is 0. The lowest BCUT2D eigenvalue weighted by Crippen LogP contribution is -2.10. The summed E-state index contributed by atoms with van der Waals surface area (Å²) >= 11 is 0. The van der Waals surface area contributed by atoms with Crippen LogP contribution in [-0.4, -0.2) is 5.91 Å². The third-order valence-corrected chi connectivity index (χ3v) is 2.10. The summed E-state index contributed by atoms with van der Waals surface area (Å²) in [4.78, 5) is 10.5. The second-order valence-electron chi connectivity index (χ2n) is 3.46. The molecule has 1 rings (SSSR count). The molecule has 0 unspecified atom stereocenters. The van der Waals surface area contributed by atoms with Crippen molar-refractivity contribution in [2.24, 2.45) is 11.5 Å². The molecule has 16 heavy (non-hydrogen) atoms. The average Bonchev–Trinajstić information content (AvgIpc) is 2.18. The van der Waals surface area contributed by atoms with Crippen LogP contribution in [0.1, 0.15) is 18.4 Å². The van der Waals surface area contributed by atoms with Crippen LogP contribution in [0.2, 0.25) is 0 Å². The van der Waals surface area contributed by atoms with Gasteiger partial charge in [0.25, 0.3) is 0 Å². The van der Waals surface area contributed by atoms with E-state index in [9.17, 15) is 4.79 Å². The molecule has 0 aliphatic rings. The largest absolute Gasteiger partial charge is 0.402 e. The Balaban J connectivity index is 0.00000225. The molecule has 4 heteroatoms. The topological polar surface area (TPSA) is 69.1 Å². The highest BCUT2D eigenvalue weighted by molar-refractivity contribution is 5.86. The van der Waals surface area contributed by atoms with E-state index in [0.717, 1.165) is 12.8 Å². The summed E-state index contributed by atoms with van der Waals surface area (Å²) in [7, 11) is 0. The Hall–Kier alpha value is -1.48. The van der Waals surface area contributed by atoms with Gasteiger partial charge in [0.1, 0.15) is 0 Å². The number of allylic oxidation sites excluding steroid dienone is 1. The van der Waals surface area contributed by atoms with Gasteiger partial charge >= 0.3 is 0 Å². The number of nitrogens with two attached hydrogens (primary N) is 2. The van der Waals surface area contributed by atoms with E-state index in [4.69, 9.17) is 11.5 Å². The summed E-state index contributed by atoms with van der Waals surface area (Å²) in [6.45, 7) is 0. The van der Waals surface area contributed by atoms with Crippen LogP contribution in [0.5, 0.6) is 0 Å². The normalized spacial score (nSPS) is 10.6. The molecule has 0 aromatic heterocycles. The van der Waals surface area contributed by atoms with Crippen LogP contribution in [0.15, 0.2) is 42.1 Å². The number of hydrogen-bond acceptors (Lipinski definition) is 2. The monoisotopic (exact) mass is 240 g/mol. The van der Waals surface area contributed by atoms with E-state index in [-0.39, 0.29) is 12.4 Å². The first-order valence-electron chi connectivity index (χ1n) is 4.98. The molecule has 0 aliphatic carbocycles. The lowest BCUT2D eigenvalue weighted by molar-refractivity contribution is -0.113. The number of hydrogen-bond donors (Lipinski definition) is 2. The fourth-order valence-corrected chi connectivity index (χ4v) is 1.40. The van der Waals surface area contributed by atoms with Crippen molar-refractivity contribution in [2.45, 2.75) is 19.3 Å². The first kappa shape index (κ1) is 14.5. The van der Waals surface area contributed by atoms with E-state index in [1.54, 1.807) is 0 Å². The van der Waals surface area contributed by atoms with Crippen molar-refractivity contribution in [3.8, 4) is 0 Å². The molecular weight excluding hydrogens is 224 g/mol. The molecule has 3 nitrogen and oxygen atoms in total. The fraction of sp³-hybridized carbons (Fsp3) is 0.250. The predicted octanol–water partition coefficient (Wildman–Crippen LogP) is 1.76. The molecule has 1 amide bonds. The predicted molar refractivity (Wildman–Crippen MR) is 68.1 cm³/mol. The Morgan fingerprint density at radius 1 is 1.19 bits per heavy atom. The smallest absolute Gasteiger partial charge is 0.243 e. The number of aryl methyl sites for hydroxylation is 1. The van der Waals surface area contributed by atoms with Gasteiger partial charge in [-0.3, -0.25) is 4.79 Å². The van der Waals surface area contributed by atoms with Crippen LogP contribution in [0.4, 0.5) is 0 Å². The van der Waals surface area contributed by atoms with Crippen molar-refractivity contribution in [1.82, 2.24) is 0 Å². The summed E-state index contributed by atoms with van der Waals surface area (Å²) in [6.07, 6.45) is 3.89.